The molecule has 2 N–H and O–H groups in total. The number of nitrogens with zero attached hydrogens (tertiary/aromatic N) is 3. The Morgan fingerprint density at radius 3 is 2.72 bits per heavy atom. The molecule has 2 aromatic rings. The molecule has 2 rings (SSSR count). The third-order valence-corrected chi connectivity index (χ3v) is 2.78. The van der Waals surface area contributed by atoms with Crippen LogP contribution in [0.4, 0.5) is 10.2 Å². The lowest BCUT2D eigenvalue weighted by molar-refractivity contribution is 0.621. The van der Waals surface area contributed by atoms with Crippen molar-refractivity contribution < 1.29 is 4.39 Å². The molecule has 0 aliphatic rings. The molecule has 0 saturated heterocycles. The van der Waals surface area contributed by atoms with Crippen molar-refractivity contribution in [2.75, 3.05) is 5.73 Å². The van der Waals surface area contributed by atoms with E-state index in [2.05, 4.69) is 23.9 Å². The highest BCUT2D eigenvalue weighted by Gasteiger charge is 2.17. The Kier molecular flexibility index (Phi) is 3.32. The number of aryl methyl sites for hydroxylation is 1. The first-order valence-corrected chi connectivity index (χ1v) is 5.91. The van der Waals surface area contributed by atoms with Crippen molar-refractivity contribution in [2.24, 2.45) is 13.0 Å². The number of anilines is 1. The maximum absolute atomic E-state index is 13.2. The number of hydrogen-bond acceptors (Lipinski definition) is 3. The summed E-state index contributed by atoms with van der Waals surface area (Å²) in [5.41, 5.74) is 8.35. The van der Waals surface area contributed by atoms with Crippen molar-refractivity contribution in [3.8, 4) is 11.3 Å². The van der Waals surface area contributed by atoms with Crippen molar-refractivity contribution in [3.63, 3.8) is 0 Å². The van der Waals surface area contributed by atoms with Gasteiger partial charge in [0.1, 0.15) is 11.6 Å². The SMILES string of the molecule is CC(C)Cc1c(-c2cncc(F)c2)nn(C)c1N. The molecule has 0 bridgehead atoms. The molecule has 0 amide bonds. The molecular formula is C13H17FN4. The van der Waals surface area contributed by atoms with E-state index in [1.807, 2.05) is 0 Å². The Labute approximate surface area is 106 Å². The van der Waals surface area contributed by atoms with Gasteiger partial charge in [-0.1, -0.05) is 13.8 Å². The number of hydrogen-bond donors (Lipinski definition) is 1. The van der Waals surface area contributed by atoms with Gasteiger partial charge in [-0.05, 0) is 18.4 Å². The van der Waals surface area contributed by atoms with Gasteiger partial charge in [-0.15, -0.1) is 0 Å². The average molecular weight is 248 g/mol. The maximum Gasteiger partial charge on any atom is 0.142 e. The van der Waals surface area contributed by atoms with E-state index in [4.69, 9.17) is 5.73 Å². The van der Waals surface area contributed by atoms with Crippen LogP contribution in [0.3, 0.4) is 0 Å². The van der Waals surface area contributed by atoms with E-state index in [0.717, 1.165) is 17.7 Å². The zero-order valence-corrected chi connectivity index (χ0v) is 10.8. The number of pyridine rings is 1. The van der Waals surface area contributed by atoms with Gasteiger partial charge in [0.25, 0.3) is 0 Å². The fourth-order valence-corrected chi connectivity index (χ4v) is 1.96. The fraction of sp³-hybridized carbons (Fsp3) is 0.385. The molecule has 96 valence electrons. The van der Waals surface area contributed by atoms with E-state index in [1.54, 1.807) is 17.9 Å². The van der Waals surface area contributed by atoms with E-state index in [9.17, 15) is 4.39 Å². The van der Waals surface area contributed by atoms with Gasteiger partial charge < -0.3 is 5.73 Å². The normalized spacial score (nSPS) is 11.2. The summed E-state index contributed by atoms with van der Waals surface area (Å²) in [6.07, 6.45) is 3.60. The van der Waals surface area contributed by atoms with Gasteiger partial charge in [-0.2, -0.15) is 5.10 Å². The van der Waals surface area contributed by atoms with Crippen molar-refractivity contribution in [2.45, 2.75) is 20.3 Å². The zero-order chi connectivity index (χ0) is 13.3. The smallest absolute Gasteiger partial charge is 0.142 e. The summed E-state index contributed by atoms with van der Waals surface area (Å²) in [6.45, 7) is 4.22. The van der Waals surface area contributed by atoms with Crippen LogP contribution in [0.15, 0.2) is 18.5 Å². The van der Waals surface area contributed by atoms with Crippen molar-refractivity contribution >= 4 is 5.82 Å². The molecule has 18 heavy (non-hydrogen) atoms. The summed E-state index contributed by atoms with van der Waals surface area (Å²) in [6, 6.07) is 1.43. The molecule has 5 heteroatoms. The Bertz CT molecular complexity index is 560. The zero-order valence-electron chi connectivity index (χ0n) is 10.8. The van der Waals surface area contributed by atoms with Gasteiger partial charge >= 0.3 is 0 Å². The van der Waals surface area contributed by atoms with E-state index >= 15 is 0 Å². The molecular weight excluding hydrogens is 231 g/mol. The van der Waals surface area contributed by atoms with Gasteiger partial charge in [0.15, 0.2) is 0 Å². The monoisotopic (exact) mass is 248 g/mol. The third-order valence-electron chi connectivity index (χ3n) is 2.78. The van der Waals surface area contributed by atoms with Crippen LogP contribution in [0.2, 0.25) is 0 Å². The molecule has 0 aliphatic carbocycles. The number of rotatable bonds is 3. The van der Waals surface area contributed by atoms with E-state index in [-0.39, 0.29) is 5.82 Å². The number of halogens is 1. The molecule has 0 aliphatic heterocycles. The lowest BCUT2D eigenvalue weighted by Gasteiger charge is -2.06. The minimum atomic E-state index is -0.368. The van der Waals surface area contributed by atoms with Crippen LogP contribution < -0.4 is 5.73 Å². The minimum absolute atomic E-state index is 0.368. The molecule has 0 radical (unpaired) electrons. The van der Waals surface area contributed by atoms with Gasteiger partial charge in [0, 0.05) is 24.4 Å². The van der Waals surface area contributed by atoms with Gasteiger partial charge in [-0.25, -0.2) is 4.39 Å². The quantitative estimate of drug-likeness (QED) is 0.907. The Morgan fingerprint density at radius 2 is 2.11 bits per heavy atom. The molecule has 0 saturated carbocycles. The molecule has 2 aromatic heterocycles. The predicted octanol–water partition coefficient (Wildman–Crippen LogP) is 2.40. The molecule has 0 aromatic carbocycles. The molecule has 0 spiro atoms. The Balaban J connectivity index is 2.53. The second kappa shape index (κ2) is 4.76. The van der Waals surface area contributed by atoms with Crippen LogP contribution in [0.25, 0.3) is 11.3 Å². The van der Waals surface area contributed by atoms with E-state index in [1.165, 1.54) is 12.3 Å². The van der Waals surface area contributed by atoms with Crippen molar-refractivity contribution in [1.82, 2.24) is 14.8 Å². The molecule has 0 unspecified atom stereocenters. The van der Waals surface area contributed by atoms with Crippen LogP contribution in [0.1, 0.15) is 19.4 Å². The van der Waals surface area contributed by atoms with Crippen LogP contribution >= 0.6 is 0 Å². The van der Waals surface area contributed by atoms with Crippen LogP contribution in [-0.2, 0) is 13.5 Å². The summed E-state index contributed by atoms with van der Waals surface area (Å²) in [5, 5.41) is 4.36. The topological polar surface area (TPSA) is 56.7 Å². The van der Waals surface area contributed by atoms with E-state index < -0.39 is 0 Å². The van der Waals surface area contributed by atoms with E-state index in [0.29, 0.717) is 17.3 Å². The largest absolute Gasteiger partial charge is 0.384 e. The van der Waals surface area contributed by atoms with Crippen molar-refractivity contribution in [1.29, 1.82) is 0 Å². The first-order chi connectivity index (χ1) is 8.49. The maximum atomic E-state index is 13.2. The highest BCUT2D eigenvalue weighted by Crippen LogP contribution is 2.28. The van der Waals surface area contributed by atoms with Gasteiger partial charge in [0.05, 0.1) is 11.9 Å². The fourth-order valence-electron chi connectivity index (χ4n) is 1.96. The molecule has 0 atom stereocenters. The Hall–Kier alpha value is -1.91. The lowest BCUT2D eigenvalue weighted by Crippen LogP contribution is -2.02. The highest BCUT2D eigenvalue weighted by atomic mass is 19.1. The predicted molar refractivity (Wildman–Crippen MR) is 69.4 cm³/mol. The summed E-state index contributed by atoms with van der Waals surface area (Å²) in [5.74, 6) is 0.715. The summed E-state index contributed by atoms with van der Waals surface area (Å²) >= 11 is 0. The summed E-state index contributed by atoms with van der Waals surface area (Å²) in [7, 11) is 1.79. The van der Waals surface area contributed by atoms with Crippen LogP contribution in [-0.4, -0.2) is 14.8 Å². The minimum Gasteiger partial charge on any atom is -0.384 e. The molecule has 0 fully saturated rings. The third kappa shape index (κ3) is 2.34. The second-order valence-corrected chi connectivity index (χ2v) is 4.83. The lowest BCUT2D eigenvalue weighted by atomic mass is 10.00. The highest BCUT2D eigenvalue weighted by molar-refractivity contribution is 5.67. The molecule has 2 heterocycles. The van der Waals surface area contributed by atoms with Crippen molar-refractivity contribution in [3.05, 3.63) is 29.8 Å². The van der Waals surface area contributed by atoms with Crippen LogP contribution in [0, 0.1) is 11.7 Å². The number of nitrogens with two attached hydrogens (primary N) is 1. The average Bonchev–Trinajstić information content (AvgIpc) is 2.57. The Morgan fingerprint density at radius 1 is 1.39 bits per heavy atom. The number of aromatic nitrogens is 3. The summed E-state index contributed by atoms with van der Waals surface area (Å²) < 4.78 is 14.8. The number of nitrogen functional groups attached to an aromatic ring is 1. The van der Waals surface area contributed by atoms with Gasteiger partial charge in [-0.3, -0.25) is 9.67 Å². The second-order valence-electron chi connectivity index (χ2n) is 4.83. The molecule has 4 nitrogen and oxygen atoms in total. The first-order valence-electron chi connectivity index (χ1n) is 5.91. The first kappa shape index (κ1) is 12.5. The van der Waals surface area contributed by atoms with Crippen LogP contribution in [0.5, 0.6) is 0 Å². The standard InChI is InChI=1S/C13H17FN4/c1-8(2)4-11-12(17-18(3)13(11)15)9-5-10(14)7-16-6-9/h5-8H,4,15H2,1-3H3. The van der Waals surface area contributed by atoms with Gasteiger partial charge in [0.2, 0.25) is 0 Å². The summed E-state index contributed by atoms with van der Waals surface area (Å²) in [4.78, 5) is 3.85.